The maximum atomic E-state index is 12.4. The third kappa shape index (κ3) is 4.52. The number of hydrogen-bond acceptors (Lipinski definition) is 5. The molecule has 1 aliphatic heterocycles. The fraction of sp³-hybridized carbons (Fsp3) is 0.476. The minimum absolute atomic E-state index is 0.0820. The molecule has 2 heterocycles. The minimum atomic E-state index is -1.12. The third-order valence-electron chi connectivity index (χ3n) is 4.82. The van der Waals surface area contributed by atoms with Crippen molar-refractivity contribution >= 4 is 12.1 Å². The van der Waals surface area contributed by atoms with Crippen LogP contribution in [-0.4, -0.2) is 45.9 Å². The van der Waals surface area contributed by atoms with Crippen LogP contribution in [-0.2, 0) is 16.0 Å². The molecule has 0 bridgehead atoms. The Balaban J connectivity index is 1.78. The summed E-state index contributed by atoms with van der Waals surface area (Å²) in [6.45, 7) is 5.94. The predicted molar refractivity (Wildman–Crippen MR) is 103 cm³/mol. The molecule has 0 radical (unpaired) electrons. The Hall–Kier alpha value is -2.83. The van der Waals surface area contributed by atoms with E-state index in [1.54, 1.807) is 26.8 Å². The van der Waals surface area contributed by atoms with Crippen molar-refractivity contribution in [2.24, 2.45) is 5.41 Å². The van der Waals surface area contributed by atoms with Crippen molar-refractivity contribution in [3.8, 4) is 11.3 Å². The summed E-state index contributed by atoms with van der Waals surface area (Å²) < 4.78 is 10.8. The molecule has 1 N–H and O–H groups in total. The summed E-state index contributed by atoms with van der Waals surface area (Å²) in [4.78, 5) is 26.1. The second-order valence-electron chi connectivity index (χ2n) is 8.31. The number of carbonyl (C=O) groups is 2. The minimum Gasteiger partial charge on any atom is -0.481 e. The number of ether oxygens (including phenoxy) is 1. The van der Waals surface area contributed by atoms with Gasteiger partial charge < -0.3 is 19.3 Å². The first-order chi connectivity index (χ1) is 13.2. The number of benzene rings is 1. The van der Waals surface area contributed by atoms with Gasteiger partial charge in [-0.05, 0) is 33.6 Å². The Morgan fingerprint density at radius 1 is 1.29 bits per heavy atom. The highest BCUT2D eigenvalue weighted by atomic mass is 16.6. The van der Waals surface area contributed by atoms with Crippen molar-refractivity contribution in [1.29, 1.82) is 0 Å². The van der Waals surface area contributed by atoms with E-state index in [2.05, 4.69) is 5.16 Å². The number of likely N-dealkylation sites (tertiary alicyclic amines) is 1. The van der Waals surface area contributed by atoms with Crippen molar-refractivity contribution in [2.45, 2.75) is 45.6 Å². The lowest BCUT2D eigenvalue weighted by Crippen LogP contribution is -2.52. The summed E-state index contributed by atoms with van der Waals surface area (Å²) in [6, 6.07) is 11.3. The van der Waals surface area contributed by atoms with E-state index in [4.69, 9.17) is 9.26 Å². The second-order valence-corrected chi connectivity index (χ2v) is 8.31. The van der Waals surface area contributed by atoms with E-state index >= 15 is 0 Å². The van der Waals surface area contributed by atoms with E-state index in [0.717, 1.165) is 5.56 Å². The number of carbonyl (C=O) groups excluding carboxylic acids is 1. The number of aromatic nitrogens is 1. The average molecular weight is 386 g/mol. The monoisotopic (exact) mass is 386 g/mol. The molecule has 0 spiro atoms. The summed E-state index contributed by atoms with van der Waals surface area (Å²) in [6.07, 6.45) is 0.732. The molecule has 2 aromatic rings. The summed E-state index contributed by atoms with van der Waals surface area (Å²) in [5, 5.41) is 14.0. The van der Waals surface area contributed by atoms with Crippen LogP contribution in [0.5, 0.6) is 0 Å². The second kappa shape index (κ2) is 7.66. The average Bonchev–Trinajstić information content (AvgIpc) is 3.09. The molecule has 1 fully saturated rings. The summed E-state index contributed by atoms with van der Waals surface area (Å²) in [5.41, 5.74) is -0.185. The fourth-order valence-corrected chi connectivity index (χ4v) is 3.48. The Kier molecular flexibility index (Phi) is 5.45. The molecule has 150 valence electrons. The zero-order chi connectivity index (χ0) is 20.4. The van der Waals surface area contributed by atoms with E-state index in [1.807, 2.05) is 30.3 Å². The molecule has 0 aliphatic carbocycles. The fourth-order valence-electron chi connectivity index (χ4n) is 3.48. The molecule has 1 amide bonds. The predicted octanol–water partition coefficient (Wildman–Crippen LogP) is 3.99. The molecule has 1 aromatic carbocycles. The van der Waals surface area contributed by atoms with Gasteiger partial charge >= 0.3 is 12.1 Å². The normalized spacial score (nSPS) is 20.0. The molecule has 1 aliphatic rings. The van der Waals surface area contributed by atoms with Crippen LogP contribution in [0.4, 0.5) is 4.79 Å². The Morgan fingerprint density at radius 2 is 2.00 bits per heavy atom. The van der Waals surface area contributed by atoms with Gasteiger partial charge in [0.2, 0.25) is 0 Å². The van der Waals surface area contributed by atoms with E-state index in [-0.39, 0.29) is 13.0 Å². The number of aliphatic carboxylic acids is 1. The maximum absolute atomic E-state index is 12.4. The number of carboxylic acids is 1. The number of amides is 1. The molecular formula is C21H26N2O5. The molecule has 0 unspecified atom stereocenters. The maximum Gasteiger partial charge on any atom is 0.410 e. The number of piperidine rings is 1. The summed E-state index contributed by atoms with van der Waals surface area (Å²) in [5.74, 6) is -0.453. The van der Waals surface area contributed by atoms with Gasteiger partial charge in [-0.15, -0.1) is 0 Å². The molecule has 1 aromatic heterocycles. The molecule has 3 rings (SSSR count). The zero-order valence-corrected chi connectivity index (χ0v) is 16.5. The van der Waals surface area contributed by atoms with Gasteiger partial charge in [0.05, 0.1) is 5.41 Å². The van der Waals surface area contributed by atoms with E-state index < -0.39 is 23.1 Å². The molecule has 1 saturated heterocycles. The number of nitrogens with zero attached hydrogens (tertiary/aromatic N) is 2. The van der Waals surface area contributed by atoms with E-state index in [1.165, 1.54) is 4.90 Å². The van der Waals surface area contributed by atoms with Crippen LogP contribution in [0.15, 0.2) is 40.9 Å². The van der Waals surface area contributed by atoms with Crippen LogP contribution in [0, 0.1) is 5.41 Å². The molecule has 1 atom stereocenters. The summed E-state index contributed by atoms with van der Waals surface area (Å²) >= 11 is 0. The van der Waals surface area contributed by atoms with E-state index in [9.17, 15) is 14.7 Å². The number of hydrogen-bond donors (Lipinski definition) is 1. The lowest BCUT2D eigenvalue weighted by atomic mass is 9.76. The van der Waals surface area contributed by atoms with Gasteiger partial charge in [-0.3, -0.25) is 4.79 Å². The van der Waals surface area contributed by atoms with Crippen LogP contribution in [0.1, 0.15) is 39.4 Å². The molecule has 7 nitrogen and oxygen atoms in total. The molecule has 28 heavy (non-hydrogen) atoms. The topological polar surface area (TPSA) is 92.9 Å². The number of carboxylic acid groups (broad SMARTS) is 1. The van der Waals surface area contributed by atoms with Gasteiger partial charge in [-0.1, -0.05) is 35.5 Å². The van der Waals surface area contributed by atoms with Gasteiger partial charge in [0.1, 0.15) is 17.1 Å². The van der Waals surface area contributed by atoms with Gasteiger partial charge in [-0.2, -0.15) is 0 Å². The van der Waals surface area contributed by atoms with Crippen molar-refractivity contribution in [2.75, 3.05) is 13.1 Å². The van der Waals surface area contributed by atoms with Crippen molar-refractivity contribution in [3.05, 3.63) is 42.2 Å². The first kappa shape index (κ1) is 19.9. The van der Waals surface area contributed by atoms with Crippen LogP contribution in [0.3, 0.4) is 0 Å². The standard InChI is InChI=1S/C21H26N2O5/c1-20(2,3)27-19(26)23-11-7-10-21(14-23,18(24)25)13-16-12-17(22-28-16)15-8-5-4-6-9-15/h4-6,8-9,12H,7,10-11,13-14H2,1-3H3,(H,24,25)/t21-/m1/s1. The molecular weight excluding hydrogens is 360 g/mol. The van der Waals surface area contributed by atoms with Crippen LogP contribution >= 0.6 is 0 Å². The lowest BCUT2D eigenvalue weighted by molar-refractivity contribution is -0.152. The highest BCUT2D eigenvalue weighted by Crippen LogP contribution is 2.35. The zero-order valence-electron chi connectivity index (χ0n) is 16.5. The molecule has 0 saturated carbocycles. The first-order valence-corrected chi connectivity index (χ1v) is 9.41. The summed E-state index contributed by atoms with van der Waals surface area (Å²) in [7, 11) is 0. The van der Waals surface area contributed by atoms with Crippen molar-refractivity contribution in [3.63, 3.8) is 0 Å². The van der Waals surface area contributed by atoms with Gasteiger partial charge in [0, 0.05) is 31.1 Å². The SMILES string of the molecule is CC(C)(C)OC(=O)N1CCC[C@](Cc2cc(-c3ccccc3)no2)(C(=O)O)C1. The Labute approximate surface area is 164 Å². The first-order valence-electron chi connectivity index (χ1n) is 9.41. The highest BCUT2D eigenvalue weighted by Gasteiger charge is 2.45. The smallest absolute Gasteiger partial charge is 0.410 e. The lowest BCUT2D eigenvalue weighted by Gasteiger charge is -2.39. The highest BCUT2D eigenvalue weighted by molar-refractivity contribution is 5.77. The van der Waals surface area contributed by atoms with E-state index in [0.29, 0.717) is 30.8 Å². The van der Waals surface area contributed by atoms with Crippen LogP contribution in [0.25, 0.3) is 11.3 Å². The van der Waals surface area contributed by atoms with Gasteiger partial charge in [0.25, 0.3) is 0 Å². The van der Waals surface area contributed by atoms with Crippen LogP contribution in [0.2, 0.25) is 0 Å². The van der Waals surface area contributed by atoms with Crippen molar-refractivity contribution in [1.82, 2.24) is 10.1 Å². The van der Waals surface area contributed by atoms with Gasteiger partial charge in [0.15, 0.2) is 0 Å². The quantitative estimate of drug-likeness (QED) is 0.854. The van der Waals surface area contributed by atoms with Gasteiger partial charge in [-0.25, -0.2) is 4.79 Å². The van der Waals surface area contributed by atoms with Crippen LogP contribution < -0.4 is 0 Å². The Morgan fingerprint density at radius 3 is 2.64 bits per heavy atom. The molecule has 7 heteroatoms. The van der Waals surface area contributed by atoms with Crippen molar-refractivity contribution < 1.29 is 24.0 Å². The largest absolute Gasteiger partial charge is 0.481 e. The Bertz CT molecular complexity index is 840. The number of rotatable bonds is 4. The third-order valence-corrected chi connectivity index (χ3v) is 4.82.